The van der Waals surface area contributed by atoms with E-state index in [1.165, 1.54) is 55.5 Å². The highest BCUT2D eigenvalue weighted by Gasteiger charge is 2.38. The molecule has 35 heavy (non-hydrogen) atoms. The molecule has 0 radical (unpaired) electrons. The summed E-state index contributed by atoms with van der Waals surface area (Å²) in [6.07, 6.45) is 20.6. The van der Waals surface area contributed by atoms with Crippen molar-refractivity contribution < 1.29 is 5.11 Å². The van der Waals surface area contributed by atoms with Crippen molar-refractivity contribution in [3.05, 3.63) is 71.2 Å². The smallest absolute Gasteiger partial charge is 0.147 e. The van der Waals surface area contributed by atoms with Crippen molar-refractivity contribution in [1.82, 2.24) is 14.9 Å². The first-order chi connectivity index (χ1) is 17.1. The van der Waals surface area contributed by atoms with Gasteiger partial charge in [0.2, 0.25) is 0 Å². The van der Waals surface area contributed by atoms with Gasteiger partial charge in [0.15, 0.2) is 0 Å². The fourth-order valence-corrected chi connectivity index (χ4v) is 6.90. The van der Waals surface area contributed by atoms with E-state index in [-0.39, 0.29) is 5.92 Å². The summed E-state index contributed by atoms with van der Waals surface area (Å²) in [7, 11) is 2.25. The molecule has 2 aliphatic carbocycles. The number of aryl methyl sites for hydroxylation is 1. The van der Waals surface area contributed by atoms with Crippen LogP contribution in [0.15, 0.2) is 54.4 Å². The Morgan fingerprint density at radius 1 is 0.971 bits per heavy atom. The number of phenols is 1. The maximum absolute atomic E-state index is 10.1. The quantitative estimate of drug-likeness (QED) is 0.645. The van der Waals surface area contributed by atoms with E-state index in [4.69, 9.17) is 9.97 Å². The summed E-state index contributed by atoms with van der Waals surface area (Å²) < 4.78 is 0. The monoisotopic (exact) mass is 470 g/mol. The van der Waals surface area contributed by atoms with Crippen LogP contribution in [0.3, 0.4) is 0 Å². The Morgan fingerprint density at radius 2 is 1.77 bits per heavy atom. The highest BCUT2D eigenvalue weighted by Crippen LogP contribution is 2.46. The Balaban J connectivity index is 1.23. The second-order valence-electron chi connectivity index (χ2n) is 11.3. The maximum atomic E-state index is 10.1. The second kappa shape index (κ2) is 9.42. The van der Waals surface area contributed by atoms with Crippen LogP contribution in [0.4, 0.5) is 5.82 Å². The third-order valence-electron chi connectivity index (χ3n) is 9.21. The van der Waals surface area contributed by atoms with E-state index >= 15 is 0 Å². The molecule has 1 aromatic heterocycles. The van der Waals surface area contributed by atoms with Gasteiger partial charge < -0.3 is 14.9 Å². The zero-order valence-electron chi connectivity index (χ0n) is 21.0. The van der Waals surface area contributed by atoms with E-state index in [1.807, 2.05) is 24.5 Å². The Labute approximate surface area is 209 Å². The van der Waals surface area contributed by atoms with Crippen molar-refractivity contribution in [3.63, 3.8) is 0 Å². The summed E-state index contributed by atoms with van der Waals surface area (Å²) in [6.45, 7) is 4.65. The minimum atomic E-state index is 0.179. The van der Waals surface area contributed by atoms with E-state index in [0.29, 0.717) is 17.1 Å². The molecular weight excluding hydrogens is 432 g/mol. The highest BCUT2D eigenvalue weighted by molar-refractivity contribution is 5.47. The number of likely N-dealkylation sites (tertiary alicyclic amines) is 1. The van der Waals surface area contributed by atoms with Crippen LogP contribution < -0.4 is 4.90 Å². The van der Waals surface area contributed by atoms with Gasteiger partial charge in [0.05, 0.1) is 18.1 Å². The molecule has 1 N–H and O–H groups in total. The second-order valence-corrected chi connectivity index (χ2v) is 11.3. The van der Waals surface area contributed by atoms with Crippen LogP contribution in [0.2, 0.25) is 0 Å². The highest BCUT2D eigenvalue weighted by atomic mass is 16.3. The zero-order chi connectivity index (χ0) is 23.8. The zero-order valence-corrected chi connectivity index (χ0v) is 21.0. The fraction of sp³-hybridized carbons (Fsp3) is 0.533. The minimum absolute atomic E-state index is 0.179. The van der Waals surface area contributed by atoms with Crippen LogP contribution in [-0.4, -0.2) is 53.2 Å². The lowest BCUT2D eigenvalue weighted by molar-refractivity contribution is 0.0943. The van der Waals surface area contributed by atoms with Crippen molar-refractivity contribution in [2.75, 3.05) is 38.1 Å². The molecule has 0 saturated carbocycles. The Kier molecular flexibility index (Phi) is 6.13. The average molecular weight is 471 g/mol. The van der Waals surface area contributed by atoms with Gasteiger partial charge in [-0.05, 0) is 112 Å². The normalized spacial score (nSPS) is 26.4. The number of nitrogens with zero attached hydrogens (tertiary/aromatic N) is 4. The van der Waals surface area contributed by atoms with E-state index in [1.54, 1.807) is 0 Å². The fourth-order valence-electron chi connectivity index (χ4n) is 6.90. The molecule has 5 heteroatoms. The first-order valence-electron chi connectivity index (χ1n) is 13.5. The Hall–Kier alpha value is -2.66. The SMILES string of the molecule is CN1CCC2(CC1)CCN(c1cnc([C@@H]3c4ccc(O)cc4CC[C@@H]3C3=CCCC=C3)cn1)CC2. The lowest BCUT2D eigenvalue weighted by Gasteiger charge is -2.46. The summed E-state index contributed by atoms with van der Waals surface area (Å²) in [5, 5.41) is 10.1. The molecule has 4 aliphatic rings. The molecule has 6 rings (SSSR count). The number of anilines is 1. The Morgan fingerprint density at radius 3 is 2.49 bits per heavy atom. The number of aromatic hydroxyl groups is 1. The number of hydrogen-bond acceptors (Lipinski definition) is 5. The third-order valence-corrected chi connectivity index (χ3v) is 9.21. The number of hydrogen-bond donors (Lipinski definition) is 1. The number of piperidine rings is 2. The van der Waals surface area contributed by atoms with Gasteiger partial charge in [0.1, 0.15) is 11.6 Å². The third kappa shape index (κ3) is 4.51. The predicted molar refractivity (Wildman–Crippen MR) is 141 cm³/mol. The summed E-state index contributed by atoms with van der Waals surface area (Å²) in [5.74, 6) is 1.96. The molecule has 0 unspecified atom stereocenters. The molecule has 2 aliphatic heterocycles. The molecule has 0 bridgehead atoms. The van der Waals surface area contributed by atoms with Crippen molar-refractivity contribution in [3.8, 4) is 5.75 Å². The van der Waals surface area contributed by atoms with Gasteiger partial charge in [0.25, 0.3) is 0 Å². The van der Waals surface area contributed by atoms with Crippen molar-refractivity contribution >= 4 is 5.82 Å². The molecule has 184 valence electrons. The molecule has 1 spiro atoms. The maximum Gasteiger partial charge on any atom is 0.147 e. The molecule has 2 saturated heterocycles. The molecule has 0 amide bonds. The molecule has 1 aromatic carbocycles. The lowest BCUT2D eigenvalue weighted by Crippen LogP contribution is -2.46. The minimum Gasteiger partial charge on any atom is -0.508 e. The van der Waals surface area contributed by atoms with Crippen LogP contribution in [0, 0.1) is 11.3 Å². The van der Waals surface area contributed by atoms with Crippen LogP contribution in [-0.2, 0) is 6.42 Å². The van der Waals surface area contributed by atoms with Crippen molar-refractivity contribution in [1.29, 1.82) is 0 Å². The van der Waals surface area contributed by atoms with Crippen molar-refractivity contribution in [2.45, 2.75) is 57.3 Å². The average Bonchev–Trinajstić information content (AvgIpc) is 2.91. The summed E-state index contributed by atoms with van der Waals surface area (Å²) in [6, 6.07) is 5.88. The van der Waals surface area contributed by atoms with Crippen LogP contribution in [0.25, 0.3) is 0 Å². The molecule has 2 fully saturated rings. The van der Waals surface area contributed by atoms with Gasteiger partial charge >= 0.3 is 0 Å². The van der Waals surface area contributed by atoms with Crippen molar-refractivity contribution in [2.24, 2.45) is 11.3 Å². The van der Waals surface area contributed by atoms with E-state index in [0.717, 1.165) is 50.3 Å². The van der Waals surface area contributed by atoms with E-state index in [2.05, 4.69) is 41.1 Å². The number of aromatic nitrogens is 2. The van der Waals surface area contributed by atoms with Gasteiger partial charge in [-0.2, -0.15) is 0 Å². The predicted octanol–water partition coefficient (Wildman–Crippen LogP) is 5.47. The van der Waals surface area contributed by atoms with Crippen LogP contribution >= 0.6 is 0 Å². The van der Waals surface area contributed by atoms with Crippen LogP contribution in [0.1, 0.15) is 67.7 Å². The molecular formula is C30H38N4O. The molecule has 2 aromatic rings. The Bertz CT molecular complexity index is 1100. The summed E-state index contributed by atoms with van der Waals surface area (Å²) >= 11 is 0. The topological polar surface area (TPSA) is 52.5 Å². The van der Waals surface area contributed by atoms with Gasteiger partial charge in [-0.15, -0.1) is 0 Å². The van der Waals surface area contributed by atoms with Gasteiger partial charge in [0, 0.05) is 19.0 Å². The van der Waals surface area contributed by atoms with Gasteiger partial charge in [-0.1, -0.05) is 24.3 Å². The van der Waals surface area contributed by atoms with E-state index in [9.17, 15) is 5.11 Å². The molecule has 3 heterocycles. The molecule has 5 nitrogen and oxygen atoms in total. The molecule has 2 atom stereocenters. The number of phenolic OH excluding ortho intramolecular Hbond substituents is 1. The lowest BCUT2D eigenvalue weighted by atomic mass is 9.69. The largest absolute Gasteiger partial charge is 0.508 e. The summed E-state index contributed by atoms with van der Waals surface area (Å²) in [5.41, 5.74) is 5.57. The first kappa shape index (κ1) is 22.8. The number of benzene rings is 1. The number of fused-ring (bicyclic) bond motifs is 1. The number of allylic oxidation sites excluding steroid dienone is 4. The standard InChI is InChI=1S/C30H38N4O/c1-33-15-11-30(12-16-33)13-17-34(18-14-30)28-21-31-27(20-32-28)29-25(22-5-3-2-4-6-22)9-7-23-19-24(35)8-10-26(23)29/h3,5-6,8,10,19-21,25,29,35H,2,4,7,9,11-18H2,1H3/t25-,29+/m1/s1. The summed E-state index contributed by atoms with van der Waals surface area (Å²) in [4.78, 5) is 14.9. The van der Waals surface area contributed by atoms with E-state index < -0.39 is 0 Å². The first-order valence-corrected chi connectivity index (χ1v) is 13.5. The number of rotatable bonds is 3. The van der Waals surface area contributed by atoms with Crippen LogP contribution in [0.5, 0.6) is 5.75 Å². The van der Waals surface area contributed by atoms with Gasteiger partial charge in [-0.3, -0.25) is 4.98 Å². The van der Waals surface area contributed by atoms with Gasteiger partial charge in [-0.25, -0.2) is 4.98 Å².